The third kappa shape index (κ3) is 3.19. The smallest absolute Gasteiger partial charge is 0.0227 e. The van der Waals surface area contributed by atoms with Crippen LogP contribution >= 0.6 is 0 Å². The molecule has 2 N–H and O–H groups in total. The molecule has 18 heavy (non-hydrogen) atoms. The predicted molar refractivity (Wildman–Crippen MR) is 77.2 cm³/mol. The van der Waals surface area contributed by atoms with Crippen LogP contribution in [-0.2, 0) is 13.1 Å². The maximum absolute atomic E-state index is 5.61. The van der Waals surface area contributed by atoms with Crippen LogP contribution in [0.2, 0.25) is 0 Å². The van der Waals surface area contributed by atoms with Crippen molar-refractivity contribution in [2.45, 2.75) is 13.1 Å². The van der Waals surface area contributed by atoms with Crippen molar-refractivity contribution in [3.63, 3.8) is 0 Å². The summed E-state index contributed by atoms with van der Waals surface area (Å²) in [5.74, 6) is 0. The van der Waals surface area contributed by atoms with Crippen molar-refractivity contribution in [2.24, 2.45) is 5.73 Å². The van der Waals surface area contributed by atoms with Crippen LogP contribution in [0.15, 0.2) is 48.5 Å². The van der Waals surface area contributed by atoms with Gasteiger partial charge in [-0.05, 0) is 42.4 Å². The van der Waals surface area contributed by atoms with Gasteiger partial charge < -0.3 is 10.6 Å². The van der Waals surface area contributed by atoms with Gasteiger partial charge in [0.2, 0.25) is 0 Å². The third-order valence-electron chi connectivity index (χ3n) is 2.95. The van der Waals surface area contributed by atoms with E-state index in [9.17, 15) is 0 Å². The molecule has 0 aliphatic carbocycles. The fraction of sp³-hybridized carbons (Fsp3) is 0.250. The summed E-state index contributed by atoms with van der Waals surface area (Å²) < 4.78 is 0. The molecule has 2 rings (SSSR count). The van der Waals surface area contributed by atoms with Crippen LogP contribution in [0.25, 0.3) is 11.1 Å². The summed E-state index contributed by atoms with van der Waals surface area (Å²) in [6.07, 6.45) is 0. The molecule has 0 saturated heterocycles. The van der Waals surface area contributed by atoms with E-state index in [2.05, 4.69) is 67.5 Å². The number of hydrogen-bond donors (Lipinski definition) is 1. The molecule has 0 atom stereocenters. The molecule has 0 fully saturated rings. The Kier molecular flexibility index (Phi) is 4.13. The first kappa shape index (κ1) is 12.8. The first-order valence-electron chi connectivity index (χ1n) is 6.22. The Balaban J connectivity index is 2.26. The van der Waals surface area contributed by atoms with Crippen LogP contribution in [0.1, 0.15) is 11.1 Å². The summed E-state index contributed by atoms with van der Waals surface area (Å²) in [6, 6.07) is 17.1. The van der Waals surface area contributed by atoms with Crippen molar-refractivity contribution >= 4 is 0 Å². The molecule has 0 radical (unpaired) electrons. The zero-order valence-electron chi connectivity index (χ0n) is 11.1. The largest absolute Gasteiger partial charge is 0.326 e. The summed E-state index contributed by atoms with van der Waals surface area (Å²) in [4.78, 5) is 2.18. The Labute approximate surface area is 109 Å². The highest BCUT2D eigenvalue weighted by molar-refractivity contribution is 5.64. The fourth-order valence-electron chi connectivity index (χ4n) is 2.05. The molecule has 0 unspecified atom stereocenters. The fourth-order valence-corrected chi connectivity index (χ4v) is 2.05. The van der Waals surface area contributed by atoms with E-state index in [-0.39, 0.29) is 0 Å². The molecule has 0 spiro atoms. The Morgan fingerprint density at radius 1 is 0.889 bits per heavy atom. The van der Waals surface area contributed by atoms with Gasteiger partial charge in [0, 0.05) is 13.1 Å². The summed E-state index contributed by atoms with van der Waals surface area (Å²) in [5.41, 5.74) is 10.6. The van der Waals surface area contributed by atoms with Crippen LogP contribution in [0.3, 0.4) is 0 Å². The lowest BCUT2D eigenvalue weighted by atomic mass is 10.0. The monoisotopic (exact) mass is 240 g/mol. The van der Waals surface area contributed by atoms with E-state index in [0.717, 1.165) is 6.54 Å². The van der Waals surface area contributed by atoms with Crippen LogP contribution in [0, 0.1) is 0 Å². The molecule has 94 valence electrons. The van der Waals surface area contributed by atoms with Crippen molar-refractivity contribution < 1.29 is 0 Å². The molecule has 0 aliphatic heterocycles. The molecule has 0 saturated carbocycles. The maximum Gasteiger partial charge on any atom is 0.0227 e. The quantitative estimate of drug-likeness (QED) is 0.890. The number of benzene rings is 2. The van der Waals surface area contributed by atoms with Crippen LogP contribution in [0.5, 0.6) is 0 Å². The second-order valence-electron chi connectivity index (χ2n) is 4.84. The molecule has 0 aliphatic rings. The van der Waals surface area contributed by atoms with E-state index in [0.29, 0.717) is 6.54 Å². The van der Waals surface area contributed by atoms with Gasteiger partial charge in [-0.3, -0.25) is 0 Å². The lowest BCUT2D eigenvalue weighted by Gasteiger charge is -2.11. The zero-order chi connectivity index (χ0) is 13.0. The molecule has 0 amide bonds. The molecule has 0 heterocycles. The lowest BCUT2D eigenvalue weighted by molar-refractivity contribution is 0.402. The van der Waals surface area contributed by atoms with Crippen molar-refractivity contribution in [3.05, 3.63) is 59.7 Å². The molecular formula is C16H20N2. The second kappa shape index (κ2) is 5.80. The van der Waals surface area contributed by atoms with Crippen molar-refractivity contribution in [2.75, 3.05) is 14.1 Å². The van der Waals surface area contributed by atoms with Gasteiger partial charge in [-0.2, -0.15) is 0 Å². The number of hydrogen-bond acceptors (Lipinski definition) is 2. The molecular weight excluding hydrogens is 220 g/mol. The Morgan fingerprint density at radius 3 is 2.22 bits per heavy atom. The van der Waals surface area contributed by atoms with Crippen molar-refractivity contribution in [1.82, 2.24) is 4.90 Å². The molecule has 2 nitrogen and oxygen atoms in total. The molecule has 2 aromatic carbocycles. The maximum atomic E-state index is 5.61. The molecule has 0 bridgehead atoms. The summed E-state index contributed by atoms with van der Waals surface area (Å²) in [6.45, 7) is 1.57. The van der Waals surface area contributed by atoms with E-state index < -0.39 is 0 Å². The minimum atomic E-state index is 0.598. The average molecular weight is 240 g/mol. The third-order valence-corrected chi connectivity index (χ3v) is 2.95. The molecule has 2 aromatic rings. The van der Waals surface area contributed by atoms with E-state index in [1.165, 1.54) is 22.3 Å². The average Bonchev–Trinajstić information content (AvgIpc) is 2.38. The Morgan fingerprint density at radius 2 is 1.61 bits per heavy atom. The van der Waals surface area contributed by atoms with Gasteiger partial charge in [0.1, 0.15) is 0 Å². The summed E-state index contributed by atoms with van der Waals surface area (Å²) >= 11 is 0. The molecule has 0 aromatic heterocycles. The first-order chi connectivity index (χ1) is 8.69. The topological polar surface area (TPSA) is 29.3 Å². The van der Waals surface area contributed by atoms with Gasteiger partial charge in [0.15, 0.2) is 0 Å². The van der Waals surface area contributed by atoms with E-state index >= 15 is 0 Å². The van der Waals surface area contributed by atoms with Crippen LogP contribution in [-0.4, -0.2) is 19.0 Å². The Bertz CT molecular complexity index is 501. The number of nitrogens with two attached hydrogens (primary N) is 1. The minimum absolute atomic E-state index is 0.598. The zero-order valence-corrected chi connectivity index (χ0v) is 11.1. The Hall–Kier alpha value is -1.64. The van der Waals surface area contributed by atoms with Gasteiger partial charge in [-0.15, -0.1) is 0 Å². The number of nitrogens with zero attached hydrogens (tertiary/aromatic N) is 1. The van der Waals surface area contributed by atoms with Crippen LogP contribution in [0.4, 0.5) is 0 Å². The summed E-state index contributed by atoms with van der Waals surface area (Å²) in [5, 5.41) is 0. The number of rotatable bonds is 4. The lowest BCUT2D eigenvalue weighted by Crippen LogP contribution is -2.10. The predicted octanol–water partition coefficient (Wildman–Crippen LogP) is 2.87. The highest BCUT2D eigenvalue weighted by Crippen LogP contribution is 2.21. The van der Waals surface area contributed by atoms with E-state index in [1.54, 1.807) is 0 Å². The van der Waals surface area contributed by atoms with Crippen molar-refractivity contribution in [3.8, 4) is 11.1 Å². The summed E-state index contributed by atoms with van der Waals surface area (Å²) in [7, 11) is 4.17. The van der Waals surface area contributed by atoms with Crippen molar-refractivity contribution in [1.29, 1.82) is 0 Å². The SMILES string of the molecule is CN(C)Cc1cccc(-c2ccc(CN)cc2)c1. The molecule has 2 heteroatoms. The normalized spacial score (nSPS) is 10.9. The van der Waals surface area contributed by atoms with Gasteiger partial charge in [-0.1, -0.05) is 42.5 Å². The minimum Gasteiger partial charge on any atom is -0.326 e. The highest BCUT2D eigenvalue weighted by Gasteiger charge is 2.00. The van der Waals surface area contributed by atoms with Gasteiger partial charge in [-0.25, -0.2) is 0 Å². The second-order valence-corrected chi connectivity index (χ2v) is 4.84. The van der Waals surface area contributed by atoms with E-state index in [1.807, 2.05) is 0 Å². The van der Waals surface area contributed by atoms with Gasteiger partial charge in [0.05, 0.1) is 0 Å². The first-order valence-corrected chi connectivity index (χ1v) is 6.22. The standard InChI is InChI=1S/C16H20N2/c1-18(2)12-14-4-3-5-16(10-14)15-8-6-13(11-17)7-9-15/h3-10H,11-12,17H2,1-2H3. The van der Waals surface area contributed by atoms with Gasteiger partial charge in [0.25, 0.3) is 0 Å². The van der Waals surface area contributed by atoms with Gasteiger partial charge >= 0.3 is 0 Å². The van der Waals surface area contributed by atoms with Crippen LogP contribution < -0.4 is 5.73 Å². The highest BCUT2D eigenvalue weighted by atomic mass is 15.0. The van der Waals surface area contributed by atoms with E-state index in [4.69, 9.17) is 5.73 Å².